The van der Waals surface area contributed by atoms with Crippen molar-refractivity contribution in [3.63, 3.8) is 0 Å². The van der Waals surface area contributed by atoms with Crippen molar-refractivity contribution < 1.29 is 42.1 Å². The molecule has 0 heterocycles. The standard InChI is InChI=1S/C31H32F2O7/c1-19(2)29(34)38-17-22(18-39-30(35)20(3)4)15-16-37-25-11-7-23(8-12-25)27(32)28(33)24-9-13-26(14-10-24)40-31(36)21(5)6/h7-14,22H,1,3,5,15-18H2,2,4,6H3/b28-27+. The molecule has 2 rings (SSSR count). The summed E-state index contributed by atoms with van der Waals surface area (Å²) in [4.78, 5) is 35.1. The van der Waals surface area contributed by atoms with Crippen LogP contribution in [0.25, 0.3) is 11.7 Å². The molecule has 0 amide bonds. The summed E-state index contributed by atoms with van der Waals surface area (Å²) < 4.78 is 50.7. The molecular weight excluding hydrogens is 522 g/mol. The highest BCUT2D eigenvalue weighted by Gasteiger charge is 2.17. The van der Waals surface area contributed by atoms with Crippen LogP contribution in [0.15, 0.2) is 85.0 Å². The average Bonchev–Trinajstić information content (AvgIpc) is 2.93. The summed E-state index contributed by atoms with van der Waals surface area (Å²) in [7, 11) is 0. The first-order valence-electron chi connectivity index (χ1n) is 12.3. The highest BCUT2D eigenvalue weighted by Crippen LogP contribution is 2.30. The third kappa shape index (κ3) is 9.98. The lowest BCUT2D eigenvalue weighted by Gasteiger charge is -2.18. The summed E-state index contributed by atoms with van der Waals surface area (Å²) in [5.41, 5.74) is 0.667. The Morgan fingerprint density at radius 3 is 1.48 bits per heavy atom. The van der Waals surface area contributed by atoms with Crippen molar-refractivity contribution in [2.75, 3.05) is 19.8 Å². The number of carbonyl (C=O) groups is 3. The Balaban J connectivity index is 1.99. The summed E-state index contributed by atoms with van der Waals surface area (Å²) in [5.74, 6) is -3.66. The average molecular weight is 555 g/mol. The van der Waals surface area contributed by atoms with E-state index in [1.165, 1.54) is 69.3 Å². The molecule has 0 aromatic heterocycles. The summed E-state index contributed by atoms with van der Waals surface area (Å²) in [6.45, 7) is 15.2. The molecule has 2 aromatic carbocycles. The van der Waals surface area contributed by atoms with Crippen molar-refractivity contribution in [1.82, 2.24) is 0 Å². The topological polar surface area (TPSA) is 88.1 Å². The molecule has 0 saturated carbocycles. The normalized spacial score (nSPS) is 11.2. The van der Waals surface area contributed by atoms with E-state index < -0.39 is 29.6 Å². The van der Waals surface area contributed by atoms with Gasteiger partial charge in [0.25, 0.3) is 0 Å². The molecule has 0 aliphatic heterocycles. The van der Waals surface area contributed by atoms with E-state index in [1.54, 1.807) is 0 Å². The van der Waals surface area contributed by atoms with Crippen LogP contribution in [0.2, 0.25) is 0 Å². The molecule has 0 saturated heterocycles. The number of hydrogen-bond donors (Lipinski definition) is 0. The minimum Gasteiger partial charge on any atom is -0.494 e. The van der Waals surface area contributed by atoms with Gasteiger partial charge in [0.1, 0.15) is 11.5 Å². The Morgan fingerprint density at radius 2 is 1.07 bits per heavy atom. The first-order valence-corrected chi connectivity index (χ1v) is 12.3. The predicted octanol–water partition coefficient (Wildman–Crippen LogP) is 6.56. The molecule has 212 valence electrons. The van der Waals surface area contributed by atoms with Gasteiger partial charge in [-0.25, -0.2) is 23.2 Å². The number of ether oxygens (including phenoxy) is 4. The Hall–Kier alpha value is -4.53. The van der Waals surface area contributed by atoms with Gasteiger partial charge in [0.15, 0.2) is 11.7 Å². The quantitative estimate of drug-likeness (QED) is 0.113. The van der Waals surface area contributed by atoms with Crippen LogP contribution in [-0.2, 0) is 23.9 Å². The van der Waals surface area contributed by atoms with Crippen molar-refractivity contribution in [1.29, 1.82) is 0 Å². The lowest BCUT2D eigenvalue weighted by molar-refractivity contribution is -0.144. The molecule has 0 spiro atoms. The largest absolute Gasteiger partial charge is 0.494 e. The van der Waals surface area contributed by atoms with E-state index in [0.717, 1.165) is 0 Å². The molecule has 0 N–H and O–H groups in total. The lowest BCUT2D eigenvalue weighted by Crippen LogP contribution is -2.23. The van der Waals surface area contributed by atoms with Gasteiger partial charge in [-0.2, -0.15) is 0 Å². The maximum Gasteiger partial charge on any atom is 0.338 e. The van der Waals surface area contributed by atoms with Gasteiger partial charge in [0.2, 0.25) is 0 Å². The van der Waals surface area contributed by atoms with Gasteiger partial charge in [-0.05, 0) is 75.7 Å². The number of hydrogen-bond acceptors (Lipinski definition) is 7. The van der Waals surface area contributed by atoms with Crippen molar-refractivity contribution in [2.45, 2.75) is 27.2 Å². The number of benzene rings is 2. The molecule has 0 fully saturated rings. The zero-order valence-electron chi connectivity index (χ0n) is 22.8. The molecule has 0 radical (unpaired) electrons. The number of esters is 3. The van der Waals surface area contributed by atoms with Crippen LogP contribution in [0.3, 0.4) is 0 Å². The SMILES string of the molecule is C=C(C)C(=O)OCC(CCOc1ccc(/C(F)=C(\F)c2ccc(OC(=O)C(=C)C)cc2)cc1)COC(=O)C(=C)C. The summed E-state index contributed by atoms with van der Waals surface area (Å²) >= 11 is 0. The highest BCUT2D eigenvalue weighted by molar-refractivity contribution is 5.89. The van der Waals surface area contributed by atoms with Crippen LogP contribution in [0.5, 0.6) is 11.5 Å². The predicted molar refractivity (Wildman–Crippen MR) is 148 cm³/mol. The lowest BCUT2D eigenvalue weighted by atomic mass is 10.1. The minimum atomic E-state index is -1.08. The van der Waals surface area contributed by atoms with Gasteiger partial charge in [-0.15, -0.1) is 0 Å². The van der Waals surface area contributed by atoms with Crippen LogP contribution < -0.4 is 9.47 Å². The van der Waals surface area contributed by atoms with Crippen LogP contribution in [0.1, 0.15) is 38.3 Å². The molecule has 0 aliphatic carbocycles. The number of carbonyl (C=O) groups excluding carboxylic acids is 3. The van der Waals surface area contributed by atoms with E-state index >= 15 is 0 Å². The van der Waals surface area contributed by atoms with Gasteiger partial charge in [-0.1, -0.05) is 19.7 Å². The zero-order chi connectivity index (χ0) is 29.8. The van der Waals surface area contributed by atoms with Crippen molar-refractivity contribution >= 4 is 29.6 Å². The molecule has 7 nitrogen and oxygen atoms in total. The minimum absolute atomic E-state index is 0.000993. The van der Waals surface area contributed by atoms with Gasteiger partial charge in [-0.3, -0.25) is 0 Å². The van der Waals surface area contributed by atoms with Crippen molar-refractivity contribution in [2.24, 2.45) is 5.92 Å². The van der Waals surface area contributed by atoms with Gasteiger partial charge in [0.05, 0.1) is 19.8 Å². The maximum atomic E-state index is 14.8. The van der Waals surface area contributed by atoms with Crippen LogP contribution >= 0.6 is 0 Å². The van der Waals surface area contributed by atoms with Gasteiger partial charge < -0.3 is 18.9 Å². The smallest absolute Gasteiger partial charge is 0.338 e. The molecule has 0 bridgehead atoms. The number of halogens is 2. The first kappa shape index (κ1) is 31.7. The fourth-order valence-corrected chi connectivity index (χ4v) is 3.01. The molecule has 40 heavy (non-hydrogen) atoms. The van der Waals surface area contributed by atoms with Crippen molar-refractivity contribution in [3.05, 3.63) is 96.1 Å². The molecule has 0 aliphatic rings. The van der Waals surface area contributed by atoms with Crippen molar-refractivity contribution in [3.8, 4) is 11.5 Å². The van der Waals surface area contributed by atoms with E-state index in [1.807, 2.05) is 0 Å². The number of rotatable bonds is 14. The third-order valence-corrected chi connectivity index (χ3v) is 5.36. The highest BCUT2D eigenvalue weighted by atomic mass is 19.2. The van der Waals surface area contributed by atoms with E-state index in [9.17, 15) is 23.2 Å². The second-order valence-electron chi connectivity index (χ2n) is 9.11. The van der Waals surface area contributed by atoms with Crippen LogP contribution in [-0.4, -0.2) is 37.7 Å². The van der Waals surface area contributed by atoms with Gasteiger partial charge >= 0.3 is 17.9 Å². The van der Waals surface area contributed by atoms with E-state index in [2.05, 4.69) is 19.7 Å². The maximum absolute atomic E-state index is 14.8. The first-order chi connectivity index (χ1) is 18.9. The summed E-state index contributed by atoms with van der Waals surface area (Å²) in [6, 6.07) is 11.0. The fourth-order valence-electron chi connectivity index (χ4n) is 3.01. The van der Waals surface area contributed by atoms with Crippen LogP contribution in [0, 0.1) is 5.92 Å². The second kappa shape index (κ2) is 15.2. The summed E-state index contributed by atoms with van der Waals surface area (Å²) in [6.07, 6.45) is 0.370. The molecule has 0 unspecified atom stereocenters. The van der Waals surface area contributed by atoms with E-state index in [0.29, 0.717) is 12.2 Å². The Morgan fingerprint density at radius 1 is 0.675 bits per heavy atom. The summed E-state index contributed by atoms with van der Waals surface area (Å²) in [5, 5.41) is 0. The molecule has 0 atom stereocenters. The molecule has 2 aromatic rings. The molecule has 9 heteroatoms. The Bertz CT molecular complexity index is 1260. The zero-order valence-corrected chi connectivity index (χ0v) is 22.8. The van der Waals surface area contributed by atoms with E-state index in [4.69, 9.17) is 18.9 Å². The van der Waals surface area contributed by atoms with E-state index in [-0.39, 0.29) is 59.3 Å². The Labute approximate surface area is 232 Å². The van der Waals surface area contributed by atoms with Crippen LogP contribution in [0.4, 0.5) is 8.78 Å². The Kier molecular flexibility index (Phi) is 12.0. The second-order valence-corrected chi connectivity index (χ2v) is 9.11. The fraction of sp³-hybridized carbons (Fsp3) is 0.258. The third-order valence-electron chi connectivity index (χ3n) is 5.36. The monoisotopic (exact) mass is 554 g/mol. The van der Waals surface area contributed by atoms with Gasteiger partial charge in [0, 0.05) is 33.8 Å². The molecular formula is C31H32F2O7.